The number of fused-ring (bicyclic) bond motifs is 1. The van der Waals surface area contributed by atoms with Crippen molar-refractivity contribution in [3.63, 3.8) is 0 Å². The van der Waals surface area contributed by atoms with Crippen LogP contribution < -0.4 is 5.73 Å². The van der Waals surface area contributed by atoms with Gasteiger partial charge in [0.1, 0.15) is 11.5 Å². The van der Waals surface area contributed by atoms with E-state index in [0.717, 1.165) is 16.3 Å². The molecule has 0 bridgehead atoms. The highest BCUT2D eigenvalue weighted by molar-refractivity contribution is 5.90. The lowest BCUT2D eigenvalue weighted by Crippen LogP contribution is -2.08. The van der Waals surface area contributed by atoms with Crippen molar-refractivity contribution in [2.24, 2.45) is 5.73 Å². The Balaban J connectivity index is 2.62. The van der Waals surface area contributed by atoms with Gasteiger partial charge in [-0.1, -0.05) is 19.1 Å². The summed E-state index contributed by atoms with van der Waals surface area (Å²) in [6, 6.07) is 8.75. The fourth-order valence-corrected chi connectivity index (χ4v) is 1.78. The molecule has 2 rings (SSSR count). The van der Waals surface area contributed by atoms with Gasteiger partial charge < -0.3 is 15.9 Å². The van der Waals surface area contributed by atoms with Crippen LogP contribution in [0.2, 0.25) is 0 Å². The number of hydrogen-bond acceptors (Lipinski definition) is 3. The minimum Gasteiger partial charge on any atom is -0.508 e. The quantitative estimate of drug-likeness (QED) is 0.723. The largest absolute Gasteiger partial charge is 0.508 e. The monoisotopic (exact) mass is 217 g/mol. The second-order valence-electron chi connectivity index (χ2n) is 4.08. The lowest BCUT2D eigenvalue weighted by Gasteiger charge is -2.10. The zero-order valence-electron chi connectivity index (χ0n) is 9.14. The summed E-state index contributed by atoms with van der Waals surface area (Å²) in [5, 5.41) is 20.7. The number of phenols is 2. The lowest BCUT2D eigenvalue weighted by atomic mass is 9.97. The molecule has 0 aromatic heterocycles. The molecular weight excluding hydrogens is 202 g/mol. The minimum absolute atomic E-state index is 0.0737. The zero-order valence-corrected chi connectivity index (χ0v) is 9.14. The molecule has 4 N–H and O–H groups in total. The van der Waals surface area contributed by atoms with Crippen LogP contribution in [0.3, 0.4) is 0 Å². The van der Waals surface area contributed by atoms with Crippen molar-refractivity contribution in [1.82, 2.24) is 0 Å². The van der Waals surface area contributed by atoms with Gasteiger partial charge in [-0.05, 0) is 35.5 Å². The number of benzene rings is 2. The molecule has 0 aliphatic carbocycles. The van der Waals surface area contributed by atoms with E-state index in [4.69, 9.17) is 5.73 Å². The molecule has 3 heteroatoms. The second-order valence-corrected chi connectivity index (χ2v) is 4.08. The fraction of sp³-hybridized carbons (Fsp3) is 0.231. The lowest BCUT2D eigenvalue weighted by molar-refractivity contribution is 0.455. The standard InChI is InChI=1S/C13H15NO2/c1-8(7-14)9-2-3-10-4-11(15)6-13(16)12(10)5-9/h2-6,8,15-16H,7,14H2,1H3. The van der Waals surface area contributed by atoms with Crippen LogP contribution in [-0.4, -0.2) is 16.8 Å². The number of hydrogen-bond donors (Lipinski definition) is 3. The topological polar surface area (TPSA) is 66.5 Å². The third-order valence-electron chi connectivity index (χ3n) is 2.86. The molecule has 3 nitrogen and oxygen atoms in total. The minimum atomic E-state index is 0.0737. The highest BCUT2D eigenvalue weighted by atomic mass is 16.3. The van der Waals surface area contributed by atoms with Crippen molar-refractivity contribution in [2.75, 3.05) is 6.54 Å². The average molecular weight is 217 g/mol. The molecule has 0 aliphatic rings. The van der Waals surface area contributed by atoms with Gasteiger partial charge in [0.2, 0.25) is 0 Å². The van der Waals surface area contributed by atoms with Crippen LogP contribution in [-0.2, 0) is 0 Å². The fourth-order valence-electron chi connectivity index (χ4n) is 1.78. The van der Waals surface area contributed by atoms with E-state index in [1.165, 1.54) is 6.07 Å². The SMILES string of the molecule is CC(CN)c1ccc2cc(O)cc(O)c2c1. The van der Waals surface area contributed by atoms with Gasteiger partial charge in [0.25, 0.3) is 0 Å². The van der Waals surface area contributed by atoms with Crippen LogP contribution in [0.5, 0.6) is 11.5 Å². The number of aromatic hydroxyl groups is 2. The first kappa shape index (κ1) is 10.8. The van der Waals surface area contributed by atoms with Crippen LogP contribution >= 0.6 is 0 Å². The third-order valence-corrected chi connectivity index (χ3v) is 2.86. The first-order chi connectivity index (χ1) is 7.61. The van der Waals surface area contributed by atoms with Crippen LogP contribution in [0.4, 0.5) is 0 Å². The maximum absolute atomic E-state index is 9.74. The van der Waals surface area contributed by atoms with E-state index in [1.54, 1.807) is 6.07 Å². The van der Waals surface area contributed by atoms with Gasteiger partial charge in [-0.2, -0.15) is 0 Å². The Hall–Kier alpha value is -1.74. The smallest absolute Gasteiger partial charge is 0.127 e. The Morgan fingerprint density at radius 1 is 1.19 bits per heavy atom. The Labute approximate surface area is 94.1 Å². The summed E-state index contributed by atoms with van der Waals surface area (Å²) < 4.78 is 0. The van der Waals surface area contributed by atoms with Gasteiger partial charge >= 0.3 is 0 Å². The summed E-state index contributed by atoms with van der Waals surface area (Å²) in [4.78, 5) is 0. The zero-order chi connectivity index (χ0) is 11.7. The number of nitrogens with two attached hydrogens (primary N) is 1. The molecule has 2 aromatic carbocycles. The average Bonchev–Trinajstić information content (AvgIpc) is 2.27. The maximum Gasteiger partial charge on any atom is 0.127 e. The van der Waals surface area contributed by atoms with E-state index in [9.17, 15) is 10.2 Å². The Bertz CT molecular complexity index is 523. The summed E-state index contributed by atoms with van der Waals surface area (Å²) >= 11 is 0. The molecule has 0 fully saturated rings. The summed E-state index contributed by atoms with van der Waals surface area (Å²) in [5.74, 6) is 0.434. The molecule has 0 amide bonds. The first-order valence-electron chi connectivity index (χ1n) is 5.27. The second kappa shape index (κ2) is 4.02. The Kier molecular flexibility index (Phi) is 2.71. The molecule has 1 unspecified atom stereocenters. The molecule has 2 aromatic rings. The molecule has 0 saturated carbocycles. The van der Waals surface area contributed by atoms with E-state index in [-0.39, 0.29) is 17.4 Å². The predicted molar refractivity (Wildman–Crippen MR) is 64.7 cm³/mol. The van der Waals surface area contributed by atoms with Crippen LogP contribution in [0, 0.1) is 0 Å². The van der Waals surface area contributed by atoms with E-state index in [0.29, 0.717) is 6.54 Å². The third kappa shape index (κ3) is 1.82. The molecule has 84 valence electrons. The van der Waals surface area contributed by atoms with E-state index in [1.807, 2.05) is 25.1 Å². The van der Waals surface area contributed by atoms with Gasteiger partial charge in [0, 0.05) is 11.5 Å². The van der Waals surface area contributed by atoms with Crippen molar-refractivity contribution < 1.29 is 10.2 Å². The normalized spacial score (nSPS) is 12.9. The van der Waals surface area contributed by atoms with Crippen LogP contribution in [0.25, 0.3) is 10.8 Å². The van der Waals surface area contributed by atoms with Crippen LogP contribution in [0.15, 0.2) is 30.3 Å². The van der Waals surface area contributed by atoms with Crippen molar-refractivity contribution >= 4 is 10.8 Å². The van der Waals surface area contributed by atoms with E-state index in [2.05, 4.69) is 0 Å². The van der Waals surface area contributed by atoms with Crippen molar-refractivity contribution in [3.8, 4) is 11.5 Å². The molecule has 16 heavy (non-hydrogen) atoms. The van der Waals surface area contributed by atoms with E-state index >= 15 is 0 Å². The predicted octanol–water partition coefficient (Wildman–Crippen LogP) is 2.31. The van der Waals surface area contributed by atoms with Gasteiger partial charge in [-0.3, -0.25) is 0 Å². The number of rotatable bonds is 2. The molecule has 1 atom stereocenters. The summed E-state index contributed by atoms with van der Waals surface area (Å²) in [7, 11) is 0. The van der Waals surface area contributed by atoms with Crippen molar-refractivity contribution in [3.05, 3.63) is 35.9 Å². The molecular formula is C13H15NO2. The Morgan fingerprint density at radius 3 is 2.62 bits per heavy atom. The highest BCUT2D eigenvalue weighted by Crippen LogP contribution is 2.31. The van der Waals surface area contributed by atoms with Gasteiger partial charge in [0.05, 0.1) is 0 Å². The van der Waals surface area contributed by atoms with Crippen LogP contribution in [0.1, 0.15) is 18.4 Å². The van der Waals surface area contributed by atoms with Gasteiger partial charge in [-0.25, -0.2) is 0 Å². The molecule has 0 radical (unpaired) electrons. The Morgan fingerprint density at radius 2 is 1.94 bits per heavy atom. The molecule has 0 saturated heterocycles. The molecule has 0 spiro atoms. The highest BCUT2D eigenvalue weighted by Gasteiger charge is 2.07. The molecule has 0 aliphatic heterocycles. The first-order valence-corrected chi connectivity index (χ1v) is 5.27. The summed E-state index contributed by atoms with van der Waals surface area (Å²) in [6.07, 6.45) is 0. The van der Waals surface area contributed by atoms with Crippen molar-refractivity contribution in [2.45, 2.75) is 12.8 Å². The maximum atomic E-state index is 9.74. The van der Waals surface area contributed by atoms with Gasteiger partial charge in [-0.15, -0.1) is 0 Å². The van der Waals surface area contributed by atoms with E-state index < -0.39 is 0 Å². The molecule has 0 heterocycles. The van der Waals surface area contributed by atoms with Crippen molar-refractivity contribution in [1.29, 1.82) is 0 Å². The van der Waals surface area contributed by atoms with Gasteiger partial charge in [0.15, 0.2) is 0 Å². The summed E-state index contributed by atoms with van der Waals surface area (Å²) in [5.41, 5.74) is 6.70. The summed E-state index contributed by atoms with van der Waals surface area (Å²) in [6.45, 7) is 2.61. The number of phenolic OH excluding ortho intramolecular Hbond substituents is 2.